The summed E-state index contributed by atoms with van der Waals surface area (Å²) in [5.41, 5.74) is 3.97. The van der Waals surface area contributed by atoms with Gasteiger partial charge in [0.2, 0.25) is 0 Å². The molecule has 0 heteroatoms. The lowest BCUT2D eigenvalue weighted by atomic mass is 9.82. The first-order valence-corrected chi connectivity index (χ1v) is 6.18. The van der Waals surface area contributed by atoms with E-state index in [0.717, 1.165) is 0 Å². The van der Waals surface area contributed by atoms with Crippen LogP contribution in [0.4, 0.5) is 0 Å². The molecule has 17 heavy (non-hydrogen) atoms. The first kappa shape index (κ1) is 11.9. The van der Waals surface area contributed by atoms with Crippen molar-refractivity contribution in [3.05, 3.63) is 77.2 Å². The summed E-state index contributed by atoms with van der Waals surface area (Å²) in [6.07, 6.45) is 0. The van der Waals surface area contributed by atoms with Crippen LogP contribution in [0.2, 0.25) is 0 Å². The minimum absolute atomic E-state index is 0.528. The van der Waals surface area contributed by atoms with E-state index in [9.17, 15) is 0 Å². The molecule has 0 N–H and O–H groups in total. The third-order valence-corrected chi connectivity index (χ3v) is 3.02. The van der Waals surface area contributed by atoms with Crippen molar-refractivity contribution in [1.29, 1.82) is 0 Å². The van der Waals surface area contributed by atoms with Gasteiger partial charge in [0.05, 0.1) is 0 Å². The maximum Gasteiger partial charge on any atom is 0.0365 e. The van der Waals surface area contributed by atoms with Gasteiger partial charge in [0.15, 0.2) is 0 Å². The second kappa shape index (κ2) is 5.18. The van der Waals surface area contributed by atoms with E-state index in [1.807, 2.05) is 0 Å². The number of aryl methyl sites for hydroxylation is 1. The van der Waals surface area contributed by atoms with Gasteiger partial charge in [-0.1, -0.05) is 74.0 Å². The molecule has 0 aromatic heterocycles. The minimum atomic E-state index is 0.528. The van der Waals surface area contributed by atoms with Gasteiger partial charge in [-0.2, -0.15) is 0 Å². The molecular weight excluding hydrogens is 204 g/mol. The Bertz CT molecular complexity index is 451. The van der Waals surface area contributed by atoms with E-state index in [4.69, 9.17) is 0 Å². The molecule has 0 atom stereocenters. The monoisotopic (exact) mass is 223 g/mol. The molecule has 0 nitrogen and oxygen atoms in total. The maximum atomic E-state index is 2.25. The average molecular weight is 223 g/mol. The summed E-state index contributed by atoms with van der Waals surface area (Å²) in [5, 5.41) is 0. The zero-order valence-electron chi connectivity index (χ0n) is 10.8. The van der Waals surface area contributed by atoms with Gasteiger partial charge in [-0.15, -0.1) is 0 Å². The molecule has 0 fully saturated rings. The molecule has 0 unspecified atom stereocenters. The Labute approximate surface area is 104 Å². The Balaban J connectivity index is 2.39. The van der Waals surface area contributed by atoms with Crippen LogP contribution in [0.15, 0.2) is 54.6 Å². The smallest absolute Gasteiger partial charge is 0.0365 e. The minimum Gasteiger partial charge on any atom is -0.0622 e. The highest BCUT2D eigenvalue weighted by Crippen LogP contribution is 2.30. The molecule has 0 aliphatic carbocycles. The van der Waals surface area contributed by atoms with Gasteiger partial charge in [-0.05, 0) is 24.0 Å². The van der Waals surface area contributed by atoms with Gasteiger partial charge in [0, 0.05) is 5.92 Å². The summed E-state index contributed by atoms with van der Waals surface area (Å²) >= 11 is 0. The van der Waals surface area contributed by atoms with E-state index in [0.29, 0.717) is 5.92 Å². The van der Waals surface area contributed by atoms with Crippen molar-refractivity contribution in [3.8, 4) is 0 Å². The largest absolute Gasteiger partial charge is 0.0622 e. The molecule has 0 aliphatic heterocycles. The first-order valence-electron chi connectivity index (χ1n) is 6.18. The lowest BCUT2D eigenvalue weighted by Gasteiger charge is -2.21. The van der Waals surface area contributed by atoms with E-state index in [1.54, 1.807) is 0 Å². The van der Waals surface area contributed by atoms with Gasteiger partial charge >= 0.3 is 0 Å². The Morgan fingerprint density at radius 3 is 1.82 bits per heavy atom. The third kappa shape index (κ3) is 2.76. The topological polar surface area (TPSA) is 0 Å². The highest BCUT2D eigenvalue weighted by Gasteiger charge is 2.18. The highest BCUT2D eigenvalue weighted by molar-refractivity contribution is 5.46. The summed E-state index contributed by atoms with van der Waals surface area (Å²) in [7, 11) is 0. The predicted octanol–water partition coefficient (Wildman–Crippen LogP) is 4.62. The molecular formula is C17H19. The Morgan fingerprint density at radius 2 is 1.29 bits per heavy atom. The van der Waals surface area contributed by atoms with E-state index in [1.165, 1.54) is 22.6 Å². The van der Waals surface area contributed by atoms with Gasteiger partial charge in [-0.3, -0.25) is 0 Å². The molecule has 0 amide bonds. The number of rotatable bonds is 3. The zero-order chi connectivity index (χ0) is 12.3. The molecule has 0 heterocycles. The SMILES string of the molecule is Cc1ccc([C](c2ccccc2)C(C)C)cc1. The lowest BCUT2D eigenvalue weighted by molar-refractivity contribution is 0.709. The van der Waals surface area contributed by atoms with Crippen molar-refractivity contribution in [2.24, 2.45) is 5.92 Å². The fourth-order valence-electron chi connectivity index (χ4n) is 2.18. The van der Waals surface area contributed by atoms with E-state index >= 15 is 0 Å². The van der Waals surface area contributed by atoms with Crippen molar-refractivity contribution in [3.63, 3.8) is 0 Å². The quantitative estimate of drug-likeness (QED) is 0.712. The summed E-state index contributed by atoms with van der Waals surface area (Å²) in [6.45, 7) is 6.63. The summed E-state index contributed by atoms with van der Waals surface area (Å²) < 4.78 is 0. The van der Waals surface area contributed by atoms with Crippen LogP contribution in [0.25, 0.3) is 0 Å². The lowest BCUT2D eigenvalue weighted by Crippen LogP contribution is -2.09. The molecule has 0 bridgehead atoms. The second-order valence-corrected chi connectivity index (χ2v) is 4.80. The molecule has 0 spiro atoms. The molecule has 1 radical (unpaired) electrons. The fourth-order valence-corrected chi connectivity index (χ4v) is 2.18. The van der Waals surface area contributed by atoms with E-state index in [2.05, 4.69) is 75.4 Å². The second-order valence-electron chi connectivity index (χ2n) is 4.80. The van der Waals surface area contributed by atoms with Crippen LogP contribution in [0.5, 0.6) is 0 Å². The summed E-state index contributed by atoms with van der Waals surface area (Å²) in [6, 6.07) is 19.5. The van der Waals surface area contributed by atoms with E-state index < -0.39 is 0 Å². The van der Waals surface area contributed by atoms with Crippen LogP contribution in [-0.2, 0) is 0 Å². The third-order valence-electron chi connectivity index (χ3n) is 3.02. The normalized spacial score (nSPS) is 11.1. The molecule has 2 aromatic carbocycles. The molecule has 2 rings (SSSR count). The molecule has 0 saturated heterocycles. The Hall–Kier alpha value is -1.56. The standard InChI is InChI=1S/C17H19/c1-13(2)17(15-7-5-4-6-8-15)16-11-9-14(3)10-12-16/h4-13H,1-3H3. The van der Waals surface area contributed by atoms with Crippen LogP contribution < -0.4 is 0 Å². The maximum absolute atomic E-state index is 2.25. The summed E-state index contributed by atoms with van der Waals surface area (Å²) in [5.74, 6) is 1.95. The van der Waals surface area contributed by atoms with Gasteiger partial charge in [-0.25, -0.2) is 0 Å². The zero-order valence-corrected chi connectivity index (χ0v) is 10.8. The van der Waals surface area contributed by atoms with Gasteiger partial charge < -0.3 is 0 Å². The number of hydrogen-bond acceptors (Lipinski definition) is 0. The predicted molar refractivity (Wildman–Crippen MR) is 73.9 cm³/mol. The van der Waals surface area contributed by atoms with Crippen molar-refractivity contribution in [2.45, 2.75) is 20.8 Å². The van der Waals surface area contributed by atoms with Crippen LogP contribution in [0.3, 0.4) is 0 Å². The fraction of sp³-hybridized carbons (Fsp3) is 0.235. The van der Waals surface area contributed by atoms with Gasteiger partial charge in [0.25, 0.3) is 0 Å². The van der Waals surface area contributed by atoms with Crippen LogP contribution in [-0.4, -0.2) is 0 Å². The average Bonchev–Trinajstić information content (AvgIpc) is 2.33. The summed E-state index contributed by atoms with van der Waals surface area (Å²) in [4.78, 5) is 0. The number of hydrogen-bond donors (Lipinski definition) is 0. The number of benzene rings is 2. The molecule has 2 aromatic rings. The van der Waals surface area contributed by atoms with Crippen molar-refractivity contribution < 1.29 is 0 Å². The van der Waals surface area contributed by atoms with Crippen molar-refractivity contribution >= 4 is 0 Å². The first-order chi connectivity index (χ1) is 8.18. The molecule has 87 valence electrons. The highest BCUT2D eigenvalue weighted by atomic mass is 14.2. The van der Waals surface area contributed by atoms with Crippen LogP contribution in [0, 0.1) is 18.8 Å². The Morgan fingerprint density at radius 1 is 0.765 bits per heavy atom. The van der Waals surface area contributed by atoms with E-state index in [-0.39, 0.29) is 0 Å². The van der Waals surface area contributed by atoms with Crippen molar-refractivity contribution in [1.82, 2.24) is 0 Å². The van der Waals surface area contributed by atoms with Gasteiger partial charge in [0.1, 0.15) is 0 Å². The van der Waals surface area contributed by atoms with Crippen LogP contribution in [0.1, 0.15) is 30.5 Å². The van der Waals surface area contributed by atoms with Crippen molar-refractivity contribution in [2.75, 3.05) is 0 Å². The molecule has 0 aliphatic rings. The Kier molecular flexibility index (Phi) is 3.63. The molecule has 0 saturated carbocycles. The van der Waals surface area contributed by atoms with Crippen LogP contribution >= 0.6 is 0 Å².